The van der Waals surface area contributed by atoms with Crippen LogP contribution in [0.4, 0.5) is 0 Å². The summed E-state index contributed by atoms with van der Waals surface area (Å²) < 4.78 is 1.59. The topological polar surface area (TPSA) is 73.8 Å². The Bertz CT molecular complexity index is 281. The van der Waals surface area contributed by atoms with Gasteiger partial charge in [-0.2, -0.15) is 0 Å². The summed E-state index contributed by atoms with van der Waals surface area (Å²) in [5.41, 5.74) is 6.02. The molecule has 0 atom stereocenters. The maximum atomic E-state index is 11.2. The van der Waals surface area contributed by atoms with E-state index in [4.69, 9.17) is 5.73 Å². The van der Waals surface area contributed by atoms with E-state index >= 15 is 0 Å². The molecule has 0 aliphatic rings. The smallest absolute Gasteiger partial charge is 0.139 e. The highest BCUT2D eigenvalue weighted by Crippen LogP contribution is 1.98. The highest BCUT2D eigenvalue weighted by atomic mass is 16.1. The average molecular weight is 182 g/mol. The fourth-order valence-corrected chi connectivity index (χ4v) is 1.07. The maximum absolute atomic E-state index is 11.2. The van der Waals surface area contributed by atoms with E-state index in [1.807, 2.05) is 0 Å². The summed E-state index contributed by atoms with van der Waals surface area (Å²) in [6, 6.07) is 0. The highest BCUT2D eigenvalue weighted by molar-refractivity contribution is 5.80. The van der Waals surface area contributed by atoms with Crippen molar-refractivity contribution in [3.63, 3.8) is 0 Å². The molecular formula is C8H14N4O. The van der Waals surface area contributed by atoms with E-state index in [9.17, 15) is 4.79 Å². The molecule has 72 valence electrons. The highest BCUT2D eigenvalue weighted by Gasteiger charge is 2.05. The molecule has 1 aromatic heterocycles. The number of Topliss-reactive ketones (excluding diaryl/α,β-unsaturated/α-hetero) is 1. The van der Waals surface area contributed by atoms with Crippen molar-refractivity contribution in [3.8, 4) is 0 Å². The van der Waals surface area contributed by atoms with Crippen LogP contribution < -0.4 is 5.73 Å². The molecule has 1 aromatic rings. The predicted octanol–water partition coefficient (Wildman–Crippen LogP) is -0.334. The molecule has 0 saturated heterocycles. The zero-order valence-electron chi connectivity index (χ0n) is 7.73. The fraction of sp³-hybridized carbons (Fsp3) is 0.625. The zero-order chi connectivity index (χ0) is 9.68. The van der Waals surface area contributed by atoms with Crippen LogP contribution in [-0.4, -0.2) is 27.3 Å². The number of ketones is 1. The molecule has 5 nitrogen and oxygen atoms in total. The van der Waals surface area contributed by atoms with Gasteiger partial charge in [-0.25, -0.2) is 0 Å². The molecule has 0 aliphatic carbocycles. The van der Waals surface area contributed by atoms with Crippen molar-refractivity contribution in [1.82, 2.24) is 15.0 Å². The molecule has 0 bridgehead atoms. The Labute approximate surface area is 76.9 Å². The van der Waals surface area contributed by atoms with Gasteiger partial charge < -0.3 is 5.73 Å². The van der Waals surface area contributed by atoms with Crippen LogP contribution in [0.15, 0.2) is 6.20 Å². The minimum atomic E-state index is 0.172. The molecule has 13 heavy (non-hydrogen) atoms. The lowest BCUT2D eigenvalue weighted by molar-refractivity contribution is -0.118. The molecule has 0 saturated carbocycles. The first-order valence-electron chi connectivity index (χ1n) is 4.29. The Morgan fingerprint density at radius 1 is 1.69 bits per heavy atom. The van der Waals surface area contributed by atoms with Gasteiger partial charge in [0.1, 0.15) is 5.78 Å². The number of hydrogen-bond donors (Lipinski definition) is 1. The number of nitrogens with zero attached hydrogens (tertiary/aromatic N) is 3. The number of nitrogens with two attached hydrogens (primary N) is 1. The van der Waals surface area contributed by atoms with Crippen molar-refractivity contribution in [2.75, 3.05) is 6.54 Å². The molecule has 1 rings (SSSR count). The molecule has 1 heterocycles. The first kappa shape index (κ1) is 9.85. The first-order chi connectivity index (χ1) is 6.22. The zero-order valence-corrected chi connectivity index (χ0v) is 7.73. The molecule has 0 aromatic carbocycles. The van der Waals surface area contributed by atoms with Gasteiger partial charge in [0.05, 0.1) is 12.1 Å². The van der Waals surface area contributed by atoms with Gasteiger partial charge in [0.15, 0.2) is 0 Å². The van der Waals surface area contributed by atoms with Gasteiger partial charge in [-0.1, -0.05) is 5.21 Å². The van der Waals surface area contributed by atoms with Crippen LogP contribution in [0.5, 0.6) is 0 Å². The summed E-state index contributed by atoms with van der Waals surface area (Å²) in [4.78, 5) is 11.2. The fourth-order valence-electron chi connectivity index (χ4n) is 1.07. The lowest BCUT2D eigenvalue weighted by Crippen LogP contribution is -2.07. The van der Waals surface area contributed by atoms with Crippen LogP contribution in [0.25, 0.3) is 0 Å². The number of aryl methyl sites for hydroxylation is 1. The van der Waals surface area contributed by atoms with Crippen LogP contribution >= 0.6 is 0 Å². The van der Waals surface area contributed by atoms with E-state index in [1.54, 1.807) is 17.9 Å². The van der Waals surface area contributed by atoms with Crippen LogP contribution in [0.1, 0.15) is 18.5 Å². The molecule has 0 fully saturated rings. The van der Waals surface area contributed by atoms with Gasteiger partial charge in [-0.15, -0.1) is 5.10 Å². The minimum absolute atomic E-state index is 0.172. The third-order valence-corrected chi connectivity index (χ3v) is 1.69. The average Bonchev–Trinajstić information content (AvgIpc) is 2.48. The van der Waals surface area contributed by atoms with E-state index in [-0.39, 0.29) is 5.78 Å². The lowest BCUT2D eigenvalue weighted by Gasteiger charge is -1.94. The van der Waals surface area contributed by atoms with E-state index in [1.165, 1.54) is 0 Å². The number of rotatable bonds is 5. The van der Waals surface area contributed by atoms with Crippen molar-refractivity contribution in [2.24, 2.45) is 12.8 Å². The summed E-state index contributed by atoms with van der Waals surface area (Å²) >= 11 is 0. The summed E-state index contributed by atoms with van der Waals surface area (Å²) in [5, 5.41) is 7.56. The monoisotopic (exact) mass is 182 g/mol. The summed E-state index contributed by atoms with van der Waals surface area (Å²) in [7, 11) is 1.78. The Kier molecular flexibility index (Phi) is 3.57. The molecule has 5 heteroatoms. The van der Waals surface area contributed by atoms with E-state index < -0.39 is 0 Å². The van der Waals surface area contributed by atoms with Gasteiger partial charge in [0.25, 0.3) is 0 Å². The second kappa shape index (κ2) is 4.71. The maximum Gasteiger partial charge on any atom is 0.139 e. The molecular weight excluding hydrogens is 168 g/mol. The second-order valence-electron chi connectivity index (χ2n) is 2.99. The quantitative estimate of drug-likeness (QED) is 0.676. The predicted molar refractivity (Wildman–Crippen MR) is 48.0 cm³/mol. The largest absolute Gasteiger partial charge is 0.330 e. The van der Waals surface area contributed by atoms with Crippen molar-refractivity contribution in [3.05, 3.63) is 11.9 Å². The third kappa shape index (κ3) is 3.33. The second-order valence-corrected chi connectivity index (χ2v) is 2.99. The molecule has 0 radical (unpaired) electrons. The minimum Gasteiger partial charge on any atom is -0.330 e. The van der Waals surface area contributed by atoms with E-state index in [0.29, 0.717) is 19.4 Å². The third-order valence-electron chi connectivity index (χ3n) is 1.69. The molecule has 0 amide bonds. The van der Waals surface area contributed by atoms with Crippen LogP contribution in [0, 0.1) is 0 Å². The van der Waals surface area contributed by atoms with Crippen molar-refractivity contribution >= 4 is 5.78 Å². The normalized spacial score (nSPS) is 10.3. The van der Waals surface area contributed by atoms with Gasteiger partial charge in [-0.3, -0.25) is 9.48 Å². The molecule has 0 spiro atoms. The van der Waals surface area contributed by atoms with E-state index in [0.717, 1.165) is 12.1 Å². The number of carbonyl (C=O) groups is 1. The summed E-state index contributed by atoms with van der Waals surface area (Å²) in [6.45, 7) is 0.562. The standard InChI is InChI=1S/C8H14N4O/c1-12-6-7(10-11-12)5-8(13)3-2-4-9/h6H,2-5,9H2,1H3. The first-order valence-corrected chi connectivity index (χ1v) is 4.29. The Hall–Kier alpha value is -1.23. The van der Waals surface area contributed by atoms with Crippen molar-refractivity contribution in [2.45, 2.75) is 19.3 Å². The van der Waals surface area contributed by atoms with Gasteiger partial charge in [-0.05, 0) is 13.0 Å². The number of hydrogen-bond acceptors (Lipinski definition) is 4. The van der Waals surface area contributed by atoms with Crippen LogP contribution in [0.2, 0.25) is 0 Å². The SMILES string of the molecule is Cn1cc(CC(=O)CCCN)nn1. The van der Waals surface area contributed by atoms with Gasteiger partial charge in [0, 0.05) is 19.7 Å². The van der Waals surface area contributed by atoms with E-state index in [2.05, 4.69) is 10.3 Å². The molecule has 2 N–H and O–H groups in total. The number of aromatic nitrogens is 3. The Morgan fingerprint density at radius 2 is 2.46 bits per heavy atom. The summed E-state index contributed by atoms with van der Waals surface area (Å²) in [6.07, 6.45) is 3.40. The number of carbonyl (C=O) groups excluding carboxylic acids is 1. The molecule has 0 aliphatic heterocycles. The van der Waals surface area contributed by atoms with Crippen LogP contribution in [0.3, 0.4) is 0 Å². The Morgan fingerprint density at radius 3 is 3.00 bits per heavy atom. The lowest BCUT2D eigenvalue weighted by atomic mass is 10.1. The van der Waals surface area contributed by atoms with Gasteiger partial charge in [0.2, 0.25) is 0 Å². The van der Waals surface area contributed by atoms with Crippen molar-refractivity contribution < 1.29 is 4.79 Å². The van der Waals surface area contributed by atoms with Gasteiger partial charge >= 0.3 is 0 Å². The van der Waals surface area contributed by atoms with Crippen molar-refractivity contribution in [1.29, 1.82) is 0 Å². The van der Waals surface area contributed by atoms with Crippen LogP contribution in [-0.2, 0) is 18.3 Å². The summed E-state index contributed by atoms with van der Waals surface area (Å²) in [5.74, 6) is 0.172. The molecule has 0 unspecified atom stereocenters. The Balaban J connectivity index is 2.36.